The molecule has 0 aliphatic heterocycles. The van der Waals surface area contributed by atoms with Gasteiger partial charge in [-0.2, -0.15) is 0 Å². The lowest BCUT2D eigenvalue weighted by atomic mass is 10.1. The summed E-state index contributed by atoms with van der Waals surface area (Å²) in [7, 11) is 0. The molecule has 2 rings (SSSR count). The van der Waals surface area contributed by atoms with E-state index >= 15 is 0 Å². The third-order valence-electron chi connectivity index (χ3n) is 2.92. The van der Waals surface area contributed by atoms with Gasteiger partial charge in [0.25, 0.3) is 0 Å². The number of nitro groups is 1. The molecular weight excluding hydrogens is 272 g/mol. The fraction of sp³-hybridized carbons (Fsp3) is 0.200. The summed E-state index contributed by atoms with van der Waals surface area (Å²) in [5, 5.41) is 10.7. The molecule has 0 aliphatic carbocycles. The maximum absolute atomic E-state index is 10.9. The molecule has 1 atom stereocenters. The Morgan fingerprint density at radius 1 is 1.15 bits per heavy atom. The number of nitrogens with two attached hydrogens (primary N) is 1. The highest BCUT2D eigenvalue weighted by Crippen LogP contribution is 2.35. The van der Waals surface area contributed by atoms with Gasteiger partial charge in [-0.3, -0.25) is 10.1 Å². The molecule has 0 spiro atoms. The zero-order valence-corrected chi connectivity index (χ0v) is 12.0. The van der Waals surface area contributed by atoms with E-state index in [2.05, 4.69) is 0 Å². The van der Waals surface area contributed by atoms with Crippen molar-refractivity contribution < 1.29 is 4.92 Å². The highest BCUT2D eigenvalue weighted by Gasteiger charge is 2.19. The monoisotopic (exact) mass is 288 g/mol. The van der Waals surface area contributed by atoms with Crippen LogP contribution in [-0.2, 0) is 0 Å². The Hall–Kier alpha value is -2.01. The van der Waals surface area contributed by atoms with Crippen molar-refractivity contribution in [1.29, 1.82) is 0 Å². The summed E-state index contributed by atoms with van der Waals surface area (Å²) < 4.78 is 0. The van der Waals surface area contributed by atoms with Crippen molar-refractivity contribution in [3.8, 4) is 0 Å². The van der Waals surface area contributed by atoms with Crippen molar-refractivity contribution in [2.75, 3.05) is 12.3 Å². The average molecular weight is 288 g/mol. The first-order chi connectivity index (χ1) is 9.54. The van der Waals surface area contributed by atoms with E-state index in [1.54, 1.807) is 12.1 Å². The fourth-order valence-corrected chi connectivity index (χ4v) is 2.95. The van der Waals surface area contributed by atoms with Gasteiger partial charge in [-0.1, -0.05) is 29.8 Å². The molecule has 5 heteroatoms. The molecule has 2 aromatic carbocycles. The summed E-state index contributed by atoms with van der Waals surface area (Å²) in [6.45, 7) is 1.90. The van der Waals surface area contributed by atoms with Crippen LogP contribution in [0.25, 0.3) is 0 Å². The third kappa shape index (κ3) is 3.99. The minimum atomic E-state index is -0.269. The first kappa shape index (κ1) is 14.4. The van der Waals surface area contributed by atoms with Crippen LogP contribution in [0.2, 0.25) is 0 Å². The Bertz CT molecular complexity index is 582. The Balaban J connectivity index is 2.21. The second-order valence-electron chi connectivity index (χ2n) is 4.60. The molecule has 0 bridgehead atoms. The van der Waals surface area contributed by atoms with Gasteiger partial charge in [0.05, 0.1) is 5.25 Å². The quantitative estimate of drug-likeness (QED) is 0.394. The fourth-order valence-electron chi connectivity index (χ4n) is 1.84. The molecule has 0 fully saturated rings. The lowest BCUT2D eigenvalue weighted by Gasteiger charge is -2.13. The molecule has 0 aliphatic rings. The number of nitrogen functional groups attached to an aromatic ring is 1. The van der Waals surface area contributed by atoms with Crippen molar-refractivity contribution in [3.63, 3.8) is 0 Å². The van der Waals surface area contributed by atoms with Crippen LogP contribution in [0.5, 0.6) is 0 Å². The molecule has 2 aromatic rings. The smallest absolute Gasteiger partial charge is 0.220 e. The molecule has 2 N–H and O–H groups in total. The molecule has 0 unspecified atom stereocenters. The van der Waals surface area contributed by atoms with Crippen LogP contribution < -0.4 is 5.73 Å². The molecule has 4 nitrogen and oxygen atoms in total. The zero-order valence-electron chi connectivity index (χ0n) is 11.2. The number of aryl methyl sites for hydroxylation is 1. The van der Waals surface area contributed by atoms with E-state index in [1.165, 1.54) is 11.8 Å². The topological polar surface area (TPSA) is 69.2 Å². The first-order valence-corrected chi connectivity index (χ1v) is 7.13. The summed E-state index contributed by atoms with van der Waals surface area (Å²) in [5.41, 5.74) is 8.45. The minimum absolute atomic E-state index is 0.0991. The second-order valence-corrected chi connectivity index (χ2v) is 5.88. The van der Waals surface area contributed by atoms with E-state index in [4.69, 9.17) is 5.73 Å². The molecule has 0 saturated heterocycles. The molecule has 0 heterocycles. The number of rotatable bonds is 5. The zero-order chi connectivity index (χ0) is 14.5. The van der Waals surface area contributed by atoms with Crippen molar-refractivity contribution in [2.24, 2.45) is 0 Å². The maximum atomic E-state index is 10.9. The van der Waals surface area contributed by atoms with E-state index in [0.29, 0.717) is 5.69 Å². The first-order valence-electron chi connectivity index (χ1n) is 6.25. The van der Waals surface area contributed by atoms with E-state index in [1.807, 2.05) is 43.3 Å². The van der Waals surface area contributed by atoms with E-state index < -0.39 is 0 Å². The Kier molecular flexibility index (Phi) is 4.63. The van der Waals surface area contributed by atoms with Gasteiger partial charge in [0.2, 0.25) is 6.54 Å². The molecular formula is C15H16N2O2S. The highest BCUT2D eigenvalue weighted by molar-refractivity contribution is 7.99. The lowest BCUT2D eigenvalue weighted by Crippen LogP contribution is -2.09. The molecule has 0 radical (unpaired) electrons. The second kappa shape index (κ2) is 6.43. The van der Waals surface area contributed by atoms with Crippen molar-refractivity contribution in [2.45, 2.75) is 17.1 Å². The van der Waals surface area contributed by atoms with E-state index in [0.717, 1.165) is 16.0 Å². The van der Waals surface area contributed by atoms with Crippen LogP contribution in [0, 0.1) is 17.0 Å². The normalized spacial score (nSPS) is 12.1. The Labute approximate surface area is 122 Å². The number of benzene rings is 2. The van der Waals surface area contributed by atoms with Gasteiger partial charge in [0.1, 0.15) is 0 Å². The lowest BCUT2D eigenvalue weighted by molar-refractivity contribution is -0.479. The minimum Gasteiger partial charge on any atom is -0.399 e. The summed E-state index contributed by atoms with van der Waals surface area (Å²) in [4.78, 5) is 11.6. The van der Waals surface area contributed by atoms with Crippen molar-refractivity contribution >= 4 is 17.4 Å². The molecule has 0 aromatic heterocycles. The van der Waals surface area contributed by atoms with Gasteiger partial charge in [-0.05, 0) is 36.8 Å². The largest absolute Gasteiger partial charge is 0.399 e. The van der Waals surface area contributed by atoms with Gasteiger partial charge in [-0.25, -0.2) is 0 Å². The van der Waals surface area contributed by atoms with Gasteiger partial charge in [-0.15, -0.1) is 11.8 Å². The predicted octanol–water partition coefficient (Wildman–Crippen LogP) is 3.69. The van der Waals surface area contributed by atoms with Gasteiger partial charge in [0, 0.05) is 15.5 Å². The van der Waals surface area contributed by atoms with Gasteiger partial charge in [0.15, 0.2) is 0 Å². The van der Waals surface area contributed by atoms with Gasteiger partial charge < -0.3 is 5.73 Å². The number of hydrogen-bond acceptors (Lipinski definition) is 4. The summed E-state index contributed by atoms with van der Waals surface area (Å²) in [5.74, 6) is 0. The van der Waals surface area contributed by atoms with Crippen LogP contribution in [0.15, 0.2) is 53.4 Å². The number of hydrogen-bond donors (Lipinski definition) is 1. The van der Waals surface area contributed by atoms with Gasteiger partial charge >= 0.3 is 0 Å². The summed E-state index contributed by atoms with van der Waals surface area (Å²) in [6, 6.07) is 15.3. The van der Waals surface area contributed by atoms with Crippen LogP contribution in [-0.4, -0.2) is 11.5 Å². The van der Waals surface area contributed by atoms with Crippen molar-refractivity contribution in [1.82, 2.24) is 0 Å². The van der Waals surface area contributed by atoms with Crippen LogP contribution in [0.3, 0.4) is 0 Å². The summed E-state index contributed by atoms with van der Waals surface area (Å²) >= 11 is 1.49. The van der Waals surface area contributed by atoms with Crippen LogP contribution in [0.4, 0.5) is 5.69 Å². The SMILES string of the molecule is Cc1ccc([C@H](C[N+](=O)[O-])Sc2ccc(N)cc2)cc1. The molecule has 20 heavy (non-hydrogen) atoms. The molecule has 104 valence electrons. The van der Waals surface area contributed by atoms with Crippen LogP contribution >= 0.6 is 11.8 Å². The highest BCUT2D eigenvalue weighted by atomic mass is 32.2. The third-order valence-corrected chi connectivity index (χ3v) is 4.17. The molecule has 0 saturated carbocycles. The standard InChI is InChI=1S/C15H16N2O2S/c1-11-2-4-12(5-3-11)15(10-17(18)19)20-14-8-6-13(16)7-9-14/h2-9,15H,10,16H2,1H3/t15-/m0/s1. The van der Waals surface area contributed by atoms with E-state index in [-0.39, 0.29) is 16.7 Å². The Morgan fingerprint density at radius 3 is 2.30 bits per heavy atom. The average Bonchev–Trinajstić information content (AvgIpc) is 2.41. The maximum Gasteiger partial charge on any atom is 0.220 e. The van der Waals surface area contributed by atoms with Crippen molar-refractivity contribution in [3.05, 3.63) is 69.8 Å². The number of nitrogens with zero attached hydrogens (tertiary/aromatic N) is 1. The van der Waals surface area contributed by atoms with Crippen LogP contribution in [0.1, 0.15) is 16.4 Å². The Morgan fingerprint density at radius 2 is 1.75 bits per heavy atom. The predicted molar refractivity (Wildman–Crippen MR) is 82.5 cm³/mol. The number of thioether (sulfide) groups is 1. The summed E-state index contributed by atoms with van der Waals surface area (Å²) in [6.07, 6.45) is 0. The van der Waals surface area contributed by atoms with E-state index in [9.17, 15) is 10.1 Å². The molecule has 0 amide bonds. The number of anilines is 1.